The van der Waals surface area contributed by atoms with Crippen molar-refractivity contribution in [2.24, 2.45) is 0 Å². The number of aryl methyl sites for hydroxylation is 1. The quantitative estimate of drug-likeness (QED) is 0.719. The number of rotatable bonds is 7. The Labute approximate surface area is 142 Å². The van der Waals surface area contributed by atoms with Crippen LogP contribution in [0, 0.1) is 6.92 Å². The number of hydrogen-bond acceptors (Lipinski definition) is 5. The molecular weight excluding hydrogens is 302 g/mol. The lowest BCUT2D eigenvalue weighted by atomic mass is 10.2. The molecule has 3 aromatic rings. The Balaban J connectivity index is 1.64. The number of nitrogens with zero attached hydrogens (tertiary/aromatic N) is 2. The number of aromatic nitrogens is 1. The van der Waals surface area contributed by atoms with E-state index in [4.69, 9.17) is 8.83 Å². The molecule has 1 aromatic carbocycles. The van der Waals surface area contributed by atoms with Crippen molar-refractivity contribution in [3.8, 4) is 11.5 Å². The zero-order chi connectivity index (χ0) is 16.9. The molecule has 5 nitrogen and oxygen atoms in total. The summed E-state index contributed by atoms with van der Waals surface area (Å²) in [7, 11) is 4.09. The summed E-state index contributed by atoms with van der Waals surface area (Å²) in [5.74, 6) is 2.47. The standard InChI is InChI=1S/C19H23N3O2/c1-14-16(21-19(24-14)15-8-5-4-6-9-15)12-20-13-17(22(2)3)18-10-7-11-23-18/h4-11,17,20H,12-13H2,1-3H3/t17-/m1/s1. The predicted octanol–water partition coefficient (Wildman–Crippen LogP) is 3.64. The van der Waals surface area contributed by atoms with Gasteiger partial charge < -0.3 is 14.2 Å². The van der Waals surface area contributed by atoms with E-state index in [0.717, 1.165) is 29.3 Å². The SMILES string of the molecule is Cc1oc(-c2ccccc2)nc1CNC[C@H](c1ccco1)N(C)C. The maximum Gasteiger partial charge on any atom is 0.226 e. The van der Waals surface area contributed by atoms with Crippen LogP contribution in [-0.2, 0) is 6.54 Å². The van der Waals surface area contributed by atoms with Crippen molar-refractivity contribution in [2.75, 3.05) is 20.6 Å². The van der Waals surface area contributed by atoms with Gasteiger partial charge in [-0.2, -0.15) is 0 Å². The van der Waals surface area contributed by atoms with Gasteiger partial charge in [0.25, 0.3) is 0 Å². The lowest BCUT2D eigenvalue weighted by molar-refractivity contribution is 0.250. The highest BCUT2D eigenvalue weighted by atomic mass is 16.4. The van der Waals surface area contributed by atoms with Crippen molar-refractivity contribution < 1.29 is 8.83 Å². The minimum Gasteiger partial charge on any atom is -0.468 e. The number of oxazole rings is 1. The monoisotopic (exact) mass is 325 g/mol. The molecule has 1 atom stereocenters. The first-order valence-electron chi connectivity index (χ1n) is 8.07. The van der Waals surface area contributed by atoms with Crippen LogP contribution in [0.5, 0.6) is 0 Å². The van der Waals surface area contributed by atoms with E-state index in [2.05, 4.69) is 15.2 Å². The molecule has 0 aliphatic carbocycles. The second-order valence-electron chi connectivity index (χ2n) is 6.01. The molecule has 5 heteroatoms. The average molecular weight is 325 g/mol. The zero-order valence-electron chi connectivity index (χ0n) is 14.3. The Hall–Kier alpha value is -2.37. The van der Waals surface area contributed by atoms with Gasteiger partial charge in [0, 0.05) is 18.7 Å². The van der Waals surface area contributed by atoms with Crippen LogP contribution in [0.15, 0.2) is 57.6 Å². The van der Waals surface area contributed by atoms with Gasteiger partial charge in [0.1, 0.15) is 11.5 Å². The van der Waals surface area contributed by atoms with E-state index in [1.54, 1.807) is 6.26 Å². The summed E-state index contributed by atoms with van der Waals surface area (Å²) in [5, 5.41) is 3.45. The first-order valence-corrected chi connectivity index (χ1v) is 8.07. The molecule has 2 heterocycles. The summed E-state index contributed by atoms with van der Waals surface area (Å²) < 4.78 is 11.3. The van der Waals surface area contributed by atoms with Gasteiger partial charge in [-0.25, -0.2) is 4.98 Å². The van der Waals surface area contributed by atoms with E-state index in [1.807, 2.05) is 63.5 Å². The van der Waals surface area contributed by atoms with Crippen LogP contribution in [0.1, 0.15) is 23.3 Å². The minimum atomic E-state index is 0.181. The molecule has 0 radical (unpaired) electrons. The maximum atomic E-state index is 5.80. The van der Waals surface area contributed by atoms with E-state index in [-0.39, 0.29) is 6.04 Å². The number of hydrogen-bond donors (Lipinski definition) is 1. The van der Waals surface area contributed by atoms with Gasteiger partial charge in [-0.1, -0.05) is 18.2 Å². The fraction of sp³-hybridized carbons (Fsp3) is 0.316. The highest BCUT2D eigenvalue weighted by molar-refractivity contribution is 5.53. The summed E-state index contributed by atoms with van der Waals surface area (Å²) >= 11 is 0. The fourth-order valence-electron chi connectivity index (χ4n) is 2.64. The molecule has 0 saturated heterocycles. The van der Waals surface area contributed by atoms with Gasteiger partial charge in [0.15, 0.2) is 0 Å². The number of furan rings is 1. The Bertz CT molecular complexity index is 748. The van der Waals surface area contributed by atoms with Crippen LogP contribution in [0.4, 0.5) is 0 Å². The zero-order valence-corrected chi connectivity index (χ0v) is 14.3. The highest BCUT2D eigenvalue weighted by Crippen LogP contribution is 2.22. The van der Waals surface area contributed by atoms with Crippen molar-refractivity contribution in [3.05, 3.63) is 65.9 Å². The van der Waals surface area contributed by atoms with Crippen molar-refractivity contribution in [2.45, 2.75) is 19.5 Å². The molecule has 0 amide bonds. The third-order valence-electron chi connectivity index (χ3n) is 4.04. The van der Waals surface area contributed by atoms with Crippen molar-refractivity contribution in [1.29, 1.82) is 0 Å². The van der Waals surface area contributed by atoms with E-state index < -0.39 is 0 Å². The van der Waals surface area contributed by atoms with Crippen LogP contribution in [0.25, 0.3) is 11.5 Å². The topological polar surface area (TPSA) is 54.4 Å². The smallest absolute Gasteiger partial charge is 0.226 e. The molecule has 3 rings (SSSR count). The third-order valence-corrected chi connectivity index (χ3v) is 4.04. The predicted molar refractivity (Wildman–Crippen MR) is 93.5 cm³/mol. The lowest BCUT2D eigenvalue weighted by Crippen LogP contribution is -2.30. The first kappa shape index (κ1) is 16.5. The number of likely N-dealkylation sites (N-methyl/N-ethyl adjacent to an activating group) is 1. The number of nitrogens with one attached hydrogen (secondary N) is 1. The van der Waals surface area contributed by atoms with E-state index >= 15 is 0 Å². The minimum absolute atomic E-state index is 0.181. The lowest BCUT2D eigenvalue weighted by Gasteiger charge is -2.22. The summed E-state index contributed by atoms with van der Waals surface area (Å²) in [6.07, 6.45) is 1.71. The fourth-order valence-corrected chi connectivity index (χ4v) is 2.64. The van der Waals surface area contributed by atoms with Gasteiger partial charge in [-0.15, -0.1) is 0 Å². The second-order valence-corrected chi connectivity index (χ2v) is 6.01. The van der Waals surface area contributed by atoms with Gasteiger partial charge in [0.2, 0.25) is 5.89 Å². The van der Waals surface area contributed by atoms with Crippen LogP contribution in [0.3, 0.4) is 0 Å². The highest BCUT2D eigenvalue weighted by Gasteiger charge is 2.17. The molecule has 0 unspecified atom stereocenters. The van der Waals surface area contributed by atoms with Crippen LogP contribution >= 0.6 is 0 Å². The van der Waals surface area contributed by atoms with Crippen LogP contribution in [-0.4, -0.2) is 30.5 Å². The largest absolute Gasteiger partial charge is 0.468 e. The second kappa shape index (κ2) is 7.47. The Morgan fingerprint density at radius 3 is 2.58 bits per heavy atom. The normalized spacial score (nSPS) is 12.7. The van der Waals surface area contributed by atoms with E-state index in [1.165, 1.54) is 0 Å². The molecule has 1 N–H and O–H groups in total. The van der Waals surface area contributed by atoms with Crippen molar-refractivity contribution >= 4 is 0 Å². The average Bonchev–Trinajstić information content (AvgIpc) is 3.22. The Morgan fingerprint density at radius 2 is 1.92 bits per heavy atom. The molecule has 0 bridgehead atoms. The summed E-state index contributed by atoms with van der Waals surface area (Å²) in [6.45, 7) is 3.38. The molecule has 0 spiro atoms. The van der Waals surface area contributed by atoms with Gasteiger partial charge >= 0.3 is 0 Å². The Morgan fingerprint density at radius 1 is 1.12 bits per heavy atom. The number of benzene rings is 1. The molecular formula is C19H23N3O2. The summed E-state index contributed by atoms with van der Waals surface area (Å²) in [4.78, 5) is 6.75. The molecule has 126 valence electrons. The molecule has 0 aliphatic heterocycles. The van der Waals surface area contributed by atoms with Crippen LogP contribution in [0.2, 0.25) is 0 Å². The molecule has 0 aliphatic rings. The van der Waals surface area contributed by atoms with Gasteiger partial charge in [0.05, 0.1) is 18.0 Å². The first-order chi connectivity index (χ1) is 11.6. The molecule has 0 saturated carbocycles. The van der Waals surface area contributed by atoms with E-state index in [0.29, 0.717) is 12.4 Å². The van der Waals surface area contributed by atoms with Gasteiger partial charge in [-0.05, 0) is 45.3 Å². The van der Waals surface area contributed by atoms with Gasteiger partial charge in [-0.3, -0.25) is 4.90 Å². The third kappa shape index (κ3) is 3.75. The summed E-state index contributed by atoms with van der Waals surface area (Å²) in [5.41, 5.74) is 1.93. The van der Waals surface area contributed by atoms with E-state index in [9.17, 15) is 0 Å². The summed E-state index contributed by atoms with van der Waals surface area (Å²) in [6, 6.07) is 14.1. The maximum absolute atomic E-state index is 5.80. The van der Waals surface area contributed by atoms with Crippen molar-refractivity contribution in [1.82, 2.24) is 15.2 Å². The van der Waals surface area contributed by atoms with Crippen LogP contribution < -0.4 is 5.32 Å². The van der Waals surface area contributed by atoms with Crippen molar-refractivity contribution in [3.63, 3.8) is 0 Å². The Kier molecular flexibility index (Phi) is 5.13. The molecule has 2 aromatic heterocycles. The molecule has 24 heavy (non-hydrogen) atoms. The molecule has 0 fully saturated rings.